The van der Waals surface area contributed by atoms with Crippen molar-refractivity contribution in [1.29, 1.82) is 0 Å². The zero-order valence-corrected chi connectivity index (χ0v) is 11.0. The Morgan fingerprint density at radius 1 is 1.22 bits per heavy atom. The smallest absolute Gasteiger partial charge is 0.202 e. The monoisotopic (exact) mass is 275 g/mol. The zero-order valence-electron chi connectivity index (χ0n) is 10.2. The first kappa shape index (κ1) is 13.6. The zero-order chi connectivity index (χ0) is 13.3. The molecule has 1 aliphatic rings. The van der Waals surface area contributed by atoms with Gasteiger partial charge < -0.3 is 10.5 Å². The lowest BCUT2D eigenvalue weighted by molar-refractivity contribution is 0.286. The van der Waals surface area contributed by atoms with Gasteiger partial charge in [0.25, 0.3) is 0 Å². The Bertz CT molecular complexity index is 459. The molecule has 0 amide bonds. The lowest BCUT2D eigenvalue weighted by Crippen LogP contribution is -2.39. The first-order chi connectivity index (χ1) is 8.49. The quantitative estimate of drug-likeness (QED) is 0.835. The second kappa shape index (κ2) is 5.02. The molecular weight excluding hydrogens is 260 g/mol. The van der Waals surface area contributed by atoms with Gasteiger partial charge >= 0.3 is 0 Å². The molecule has 100 valence electrons. The number of hydrogen-bond acceptors (Lipinski definition) is 2. The topological polar surface area (TPSA) is 35.2 Å². The van der Waals surface area contributed by atoms with E-state index in [1.165, 1.54) is 13.2 Å². The van der Waals surface area contributed by atoms with Gasteiger partial charge in [0.1, 0.15) is 0 Å². The van der Waals surface area contributed by atoms with Gasteiger partial charge in [0.15, 0.2) is 11.6 Å². The highest BCUT2D eigenvalue weighted by molar-refractivity contribution is 6.32. The molecule has 0 unspecified atom stereocenters. The fourth-order valence-corrected chi connectivity index (χ4v) is 2.85. The van der Waals surface area contributed by atoms with Crippen LogP contribution in [-0.4, -0.2) is 7.11 Å². The Hall–Kier alpha value is -0.870. The number of rotatable bonds is 2. The molecule has 1 saturated carbocycles. The third kappa shape index (κ3) is 2.19. The van der Waals surface area contributed by atoms with Gasteiger partial charge in [0.2, 0.25) is 5.82 Å². The molecule has 1 aliphatic carbocycles. The van der Waals surface area contributed by atoms with Crippen molar-refractivity contribution in [3.8, 4) is 5.75 Å². The normalized spacial score (nSPS) is 18.7. The van der Waals surface area contributed by atoms with Gasteiger partial charge in [-0.15, -0.1) is 0 Å². The first-order valence-corrected chi connectivity index (χ1v) is 6.38. The van der Waals surface area contributed by atoms with Crippen LogP contribution in [0, 0.1) is 11.6 Å². The van der Waals surface area contributed by atoms with E-state index in [0.29, 0.717) is 12.8 Å². The summed E-state index contributed by atoms with van der Waals surface area (Å²) in [7, 11) is 1.25. The van der Waals surface area contributed by atoms with E-state index in [9.17, 15) is 8.78 Å². The standard InChI is InChI=1S/C13H16ClF2NO/c1-18-12-9(14)7-8(10(15)11(12)16)13(17)5-3-2-4-6-13/h7H,2-6,17H2,1H3. The minimum absolute atomic E-state index is 0.0572. The van der Waals surface area contributed by atoms with Gasteiger partial charge in [-0.25, -0.2) is 4.39 Å². The number of methoxy groups -OCH3 is 1. The van der Waals surface area contributed by atoms with Crippen LogP contribution in [0.15, 0.2) is 6.07 Å². The summed E-state index contributed by atoms with van der Waals surface area (Å²) in [5.41, 5.74) is 5.54. The number of benzene rings is 1. The van der Waals surface area contributed by atoms with Crippen molar-refractivity contribution in [2.45, 2.75) is 37.6 Å². The van der Waals surface area contributed by atoms with Crippen LogP contribution in [0.3, 0.4) is 0 Å². The fourth-order valence-electron chi connectivity index (χ4n) is 2.58. The maximum atomic E-state index is 14.1. The van der Waals surface area contributed by atoms with Crippen molar-refractivity contribution in [2.75, 3.05) is 7.11 Å². The number of ether oxygens (including phenoxy) is 1. The Morgan fingerprint density at radius 3 is 2.39 bits per heavy atom. The van der Waals surface area contributed by atoms with Gasteiger partial charge in [0.05, 0.1) is 12.1 Å². The second-order valence-corrected chi connectivity index (χ2v) is 5.19. The summed E-state index contributed by atoms with van der Waals surface area (Å²) in [5.74, 6) is -2.27. The largest absolute Gasteiger partial charge is 0.492 e. The molecule has 2 N–H and O–H groups in total. The summed E-state index contributed by atoms with van der Waals surface area (Å²) in [5, 5.41) is 0.0572. The molecule has 2 rings (SSSR count). The molecule has 0 aromatic heterocycles. The van der Waals surface area contributed by atoms with Crippen molar-refractivity contribution in [3.05, 3.63) is 28.3 Å². The average Bonchev–Trinajstić information content (AvgIpc) is 2.35. The van der Waals surface area contributed by atoms with Crippen LogP contribution in [-0.2, 0) is 5.54 Å². The molecule has 0 aliphatic heterocycles. The van der Waals surface area contributed by atoms with Crippen LogP contribution in [0.25, 0.3) is 0 Å². The lowest BCUT2D eigenvalue weighted by Gasteiger charge is -2.34. The molecule has 5 heteroatoms. The Balaban J connectivity index is 2.51. The number of hydrogen-bond donors (Lipinski definition) is 1. The van der Waals surface area contributed by atoms with E-state index in [-0.39, 0.29) is 16.3 Å². The van der Waals surface area contributed by atoms with Crippen molar-refractivity contribution < 1.29 is 13.5 Å². The summed E-state index contributed by atoms with van der Waals surface area (Å²) in [6.07, 6.45) is 4.20. The van der Waals surface area contributed by atoms with Crippen LogP contribution in [0.4, 0.5) is 8.78 Å². The minimum atomic E-state index is -1.06. The summed E-state index contributed by atoms with van der Waals surface area (Å²) < 4.78 is 32.6. The summed E-state index contributed by atoms with van der Waals surface area (Å²) >= 11 is 5.90. The second-order valence-electron chi connectivity index (χ2n) is 4.78. The van der Waals surface area contributed by atoms with Crippen LogP contribution >= 0.6 is 11.6 Å². The third-order valence-electron chi connectivity index (χ3n) is 3.60. The van der Waals surface area contributed by atoms with Crippen LogP contribution < -0.4 is 10.5 Å². The van der Waals surface area contributed by atoms with Gasteiger partial charge in [-0.2, -0.15) is 4.39 Å². The first-order valence-electron chi connectivity index (χ1n) is 6.00. The molecule has 0 spiro atoms. The third-order valence-corrected chi connectivity index (χ3v) is 3.88. The van der Waals surface area contributed by atoms with Gasteiger partial charge in [-0.05, 0) is 18.9 Å². The van der Waals surface area contributed by atoms with E-state index in [1.807, 2.05) is 0 Å². The van der Waals surface area contributed by atoms with Gasteiger partial charge in [-0.1, -0.05) is 30.9 Å². The molecular formula is C13H16ClF2NO. The molecule has 0 heterocycles. The maximum absolute atomic E-state index is 14.1. The molecule has 0 saturated heterocycles. The Kier molecular flexibility index (Phi) is 3.78. The maximum Gasteiger partial charge on any atom is 0.202 e. The van der Waals surface area contributed by atoms with Crippen molar-refractivity contribution in [3.63, 3.8) is 0 Å². The van der Waals surface area contributed by atoms with E-state index in [4.69, 9.17) is 22.1 Å². The van der Waals surface area contributed by atoms with E-state index < -0.39 is 17.2 Å². The predicted octanol–water partition coefficient (Wildman–Crippen LogP) is 3.74. The molecule has 0 radical (unpaired) electrons. The average molecular weight is 276 g/mol. The van der Waals surface area contributed by atoms with Gasteiger partial charge in [-0.3, -0.25) is 0 Å². The molecule has 0 atom stereocenters. The summed E-state index contributed by atoms with van der Waals surface area (Å²) in [4.78, 5) is 0. The predicted molar refractivity (Wildman–Crippen MR) is 66.9 cm³/mol. The fraction of sp³-hybridized carbons (Fsp3) is 0.538. The molecule has 0 bridgehead atoms. The highest BCUT2D eigenvalue weighted by Gasteiger charge is 2.34. The minimum Gasteiger partial charge on any atom is -0.492 e. The van der Waals surface area contributed by atoms with Gasteiger partial charge in [0, 0.05) is 11.1 Å². The van der Waals surface area contributed by atoms with Crippen molar-refractivity contribution in [1.82, 2.24) is 0 Å². The molecule has 1 aromatic carbocycles. The van der Waals surface area contributed by atoms with Crippen LogP contribution in [0.5, 0.6) is 5.75 Å². The molecule has 1 fully saturated rings. The van der Waals surface area contributed by atoms with E-state index in [0.717, 1.165) is 19.3 Å². The van der Waals surface area contributed by atoms with E-state index in [2.05, 4.69) is 0 Å². The highest BCUT2D eigenvalue weighted by Crippen LogP contribution is 2.40. The SMILES string of the molecule is COc1c(Cl)cc(C2(N)CCCCC2)c(F)c1F. The van der Waals surface area contributed by atoms with E-state index >= 15 is 0 Å². The lowest BCUT2D eigenvalue weighted by atomic mass is 9.77. The molecule has 2 nitrogen and oxygen atoms in total. The summed E-state index contributed by atoms with van der Waals surface area (Å²) in [6.45, 7) is 0. The summed E-state index contributed by atoms with van der Waals surface area (Å²) in [6, 6.07) is 1.39. The molecule has 18 heavy (non-hydrogen) atoms. The van der Waals surface area contributed by atoms with Crippen LogP contribution in [0.1, 0.15) is 37.7 Å². The highest BCUT2D eigenvalue weighted by atomic mass is 35.5. The van der Waals surface area contributed by atoms with E-state index in [1.54, 1.807) is 0 Å². The van der Waals surface area contributed by atoms with Crippen LogP contribution in [0.2, 0.25) is 5.02 Å². The Labute approximate surface area is 110 Å². The van der Waals surface area contributed by atoms with Crippen molar-refractivity contribution in [2.24, 2.45) is 5.73 Å². The number of halogens is 3. The Morgan fingerprint density at radius 2 is 1.83 bits per heavy atom. The number of nitrogens with two attached hydrogens (primary N) is 1. The van der Waals surface area contributed by atoms with Crippen molar-refractivity contribution >= 4 is 11.6 Å². The molecule has 1 aromatic rings.